The van der Waals surface area contributed by atoms with Crippen molar-refractivity contribution in [2.24, 2.45) is 5.10 Å². The Bertz CT molecular complexity index is 912. The molecule has 0 unspecified atom stereocenters. The van der Waals surface area contributed by atoms with Crippen LogP contribution in [0.3, 0.4) is 0 Å². The summed E-state index contributed by atoms with van der Waals surface area (Å²) in [6, 6.07) is 9.56. The molecular formula is C19H18N4O. The van der Waals surface area contributed by atoms with Crippen molar-refractivity contribution in [3.8, 4) is 0 Å². The second-order valence-electron chi connectivity index (χ2n) is 6.00. The molecule has 1 aromatic carbocycles. The van der Waals surface area contributed by atoms with E-state index in [1.165, 1.54) is 24.1 Å². The molecule has 5 heteroatoms. The van der Waals surface area contributed by atoms with Gasteiger partial charge in [0.05, 0.1) is 17.3 Å². The van der Waals surface area contributed by atoms with Gasteiger partial charge in [0.1, 0.15) is 0 Å². The number of amides is 1. The highest BCUT2D eigenvalue weighted by molar-refractivity contribution is 6.07. The first-order valence-electron chi connectivity index (χ1n) is 8.19. The minimum atomic E-state index is -0.209. The van der Waals surface area contributed by atoms with Gasteiger partial charge in [0.25, 0.3) is 5.91 Å². The van der Waals surface area contributed by atoms with Crippen molar-refractivity contribution >= 4 is 23.0 Å². The van der Waals surface area contributed by atoms with E-state index in [1.807, 2.05) is 24.3 Å². The Kier molecular flexibility index (Phi) is 3.83. The van der Waals surface area contributed by atoms with E-state index in [2.05, 4.69) is 26.6 Å². The number of fused-ring (bicyclic) bond motifs is 3. The molecule has 5 nitrogen and oxygen atoms in total. The van der Waals surface area contributed by atoms with Gasteiger partial charge in [-0.2, -0.15) is 5.10 Å². The maximum atomic E-state index is 12.5. The van der Waals surface area contributed by atoms with Crippen molar-refractivity contribution in [1.29, 1.82) is 0 Å². The number of benzene rings is 1. The van der Waals surface area contributed by atoms with Gasteiger partial charge in [-0.15, -0.1) is 0 Å². The van der Waals surface area contributed by atoms with Crippen molar-refractivity contribution in [2.75, 3.05) is 0 Å². The van der Waals surface area contributed by atoms with Crippen molar-refractivity contribution in [1.82, 2.24) is 15.4 Å². The number of rotatable bonds is 3. The Morgan fingerprint density at radius 3 is 3.00 bits per heavy atom. The lowest BCUT2D eigenvalue weighted by Crippen LogP contribution is -2.18. The van der Waals surface area contributed by atoms with Gasteiger partial charge in [-0.3, -0.25) is 9.78 Å². The number of hydrazone groups is 1. The van der Waals surface area contributed by atoms with E-state index < -0.39 is 0 Å². The lowest BCUT2D eigenvalue weighted by Gasteiger charge is -2.10. The second-order valence-corrected chi connectivity index (χ2v) is 6.00. The van der Waals surface area contributed by atoms with Crippen LogP contribution >= 0.6 is 0 Å². The third-order valence-electron chi connectivity index (χ3n) is 4.44. The average Bonchev–Trinajstić information content (AvgIpc) is 3.01. The summed E-state index contributed by atoms with van der Waals surface area (Å²) in [6.45, 7) is 0. The highest BCUT2D eigenvalue weighted by Gasteiger charge is 2.18. The monoisotopic (exact) mass is 318 g/mol. The molecule has 0 aliphatic heterocycles. The van der Waals surface area contributed by atoms with E-state index in [1.54, 1.807) is 18.6 Å². The van der Waals surface area contributed by atoms with E-state index >= 15 is 0 Å². The van der Waals surface area contributed by atoms with E-state index in [0.717, 1.165) is 29.3 Å². The number of carbonyl (C=O) groups excluding carboxylic acids is 1. The average molecular weight is 318 g/mol. The van der Waals surface area contributed by atoms with Gasteiger partial charge in [0, 0.05) is 29.0 Å². The number of hydrogen-bond acceptors (Lipinski definition) is 3. The van der Waals surface area contributed by atoms with Crippen LogP contribution in [0.1, 0.15) is 40.0 Å². The van der Waals surface area contributed by atoms with Gasteiger partial charge in [0.15, 0.2) is 0 Å². The predicted octanol–water partition coefficient (Wildman–Crippen LogP) is 3.21. The van der Waals surface area contributed by atoms with Gasteiger partial charge in [-0.1, -0.05) is 18.2 Å². The van der Waals surface area contributed by atoms with Crippen molar-refractivity contribution in [2.45, 2.75) is 25.7 Å². The minimum absolute atomic E-state index is 0.209. The van der Waals surface area contributed by atoms with E-state index in [4.69, 9.17) is 0 Å². The number of H-pyrrole nitrogens is 1. The molecule has 120 valence electrons. The first kappa shape index (κ1) is 14.6. The van der Waals surface area contributed by atoms with Crippen LogP contribution in [0.15, 0.2) is 47.8 Å². The summed E-state index contributed by atoms with van der Waals surface area (Å²) in [5.41, 5.74) is 7.63. The molecule has 2 N–H and O–H groups in total. The maximum Gasteiger partial charge on any atom is 0.273 e. The fourth-order valence-electron chi connectivity index (χ4n) is 3.30. The van der Waals surface area contributed by atoms with Crippen LogP contribution in [-0.2, 0) is 12.8 Å². The summed E-state index contributed by atoms with van der Waals surface area (Å²) in [7, 11) is 0. The molecule has 0 spiro atoms. The molecule has 24 heavy (non-hydrogen) atoms. The van der Waals surface area contributed by atoms with Crippen LogP contribution in [0.5, 0.6) is 0 Å². The van der Waals surface area contributed by atoms with Crippen LogP contribution in [-0.4, -0.2) is 22.1 Å². The molecule has 1 aliphatic rings. The van der Waals surface area contributed by atoms with Crippen LogP contribution in [0, 0.1) is 0 Å². The summed E-state index contributed by atoms with van der Waals surface area (Å²) in [5, 5.41) is 5.19. The number of carbonyl (C=O) groups is 1. The number of aromatic nitrogens is 2. The van der Waals surface area contributed by atoms with Crippen molar-refractivity contribution < 1.29 is 4.79 Å². The third kappa shape index (κ3) is 2.69. The minimum Gasteiger partial charge on any atom is -0.358 e. The highest BCUT2D eigenvalue weighted by atomic mass is 16.2. The fraction of sp³-hybridized carbons (Fsp3) is 0.211. The number of aromatic amines is 1. The Hall–Kier alpha value is -2.95. The SMILES string of the molecule is O=C(NN=Cc1cccnc1)c1cccc2c3c([nH]c12)CCCC3. The molecule has 0 saturated carbocycles. The van der Waals surface area contributed by atoms with Gasteiger partial charge >= 0.3 is 0 Å². The molecule has 0 bridgehead atoms. The zero-order valence-corrected chi connectivity index (χ0v) is 13.2. The number of nitrogens with zero attached hydrogens (tertiary/aromatic N) is 2. The zero-order valence-electron chi connectivity index (χ0n) is 13.2. The molecular weight excluding hydrogens is 300 g/mol. The van der Waals surface area contributed by atoms with Gasteiger partial charge in [-0.25, -0.2) is 5.43 Å². The molecule has 1 amide bonds. The lowest BCUT2D eigenvalue weighted by molar-refractivity contribution is 0.0956. The first-order valence-corrected chi connectivity index (χ1v) is 8.19. The molecule has 2 aromatic heterocycles. The molecule has 4 rings (SSSR count). The van der Waals surface area contributed by atoms with Crippen molar-refractivity contribution in [3.05, 3.63) is 65.1 Å². The summed E-state index contributed by atoms with van der Waals surface area (Å²) in [6.07, 6.45) is 9.54. The number of aryl methyl sites for hydroxylation is 2. The smallest absolute Gasteiger partial charge is 0.273 e. The Balaban J connectivity index is 1.60. The normalized spacial score (nSPS) is 14.0. The molecule has 1 aliphatic carbocycles. The molecule has 0 fully saturated rings. The Morgan fingerprint density at radius 2 is 2.12 bits per heavy atom. The second kappa shape index (κ2) is 6.28. The van der Waals surface area contributed by atoms with Crippen molar-refractivity contribution in [3.63, 3.8) is 0 Å². The standard InChI is InChI=1S/C19H18N4O/c24-19(23-21-12-13-5-4-10-20-11-13)16-8-3-7-15-14-6-1-2-9-17(14)22-18(15)16/h3-5,7-8,10-12,22H,1-2,6,9H2,(H,23,24). The highest BCUT2D eigenvalue weighted by Crippen LogP contribution is 2.30. The van der Waals surface area contributed by atoms with Crippen LogP contribution < -0.4 is 5.43 Å². The number of nitrogens with one attached hydrogen (secondary N) is 2. The van der Waals surface area contributed by atoms with Gasteiger partial charge in [0.2, 0.25) is 0 Å². The van der Waals surface area contributed by atoms with E-state index in [9.17, 15) is 4.79 Å². The molecule has 0 saturated heterocycles. The molecule has 3 aromatic rings. The maximum absolute atomic E-state index is 12.5. The topological polar surface area (TPSA) is 70.1 Å². The largest absolute Gasteiger partial charge is 0.358 e. The summed E-state index contributed by atoms with van der Waals surface area (Å²) < 4.78 is 0. The van der Waals surface area contributed by atoms with Gasteiger partial charge < -0.3 is 4.98 Å². The summed E-state index contributed by atoms with van der Waals surface area (Å²) in [4.78, 5) is 20.0. The number of pyridine rings is 1. The van der Waals surface area contributed by atoms with Crippen LogP contribution in [0.25, 0.3) is 10.9 Å². The third-order valence-corrected chi connectivity index (χ3v) is 4.44. The first-order chi connectivity index (χ1) is 11.8. The van der Waals surface area contributed by atoms with Crippen LogP contribution in [0.2, 0.25) is 0 Å². The molecule has 2 heterocycles. The summed E-state index contributed by atoms with van der Waals surface area (Å²) in [5.74, 6) is -0.209. The quantitative estimate of drug-likeness (QED) is 0.575. The predicted molar refractivity (Wildman–Crippen MR) is 94.2 cm³/mol. The Morgan fingerprint density at radius 1 is 1.21 bits per heavy atom. The number of hydrogen-bond donors (Lipinski definition) is 2. The molecule has 0 radical (unpaired) electrons. The van der Waals surface area contributed by atoms with E-state index in [-0.39, 0.29) is 5.91 Å². The Labute approximate surface area is 139 Å². The lowest BCUT2D eigenvalue weighted by atomic mass is 9.95. The fourth-order valence-corrected chi connectivity index (χ4v) is 3.30. The van der Waals surface area contributed by atoms with E-state index in [0.29, 0.717) is 5.56 Å². The van der Waals surface area contributed by atoms with Crippen LogP contribution in [0.4, 0.5) is 0 Å². The summed E-state index contributed by atoms with van der Waals surface area (Å²) >= 11 is 0. The zero-order chi connectivity index (χ0) is 16.4. The molecule has 0 atom stereocenters. The van der Waals surface area contributed by atoms with Gasteiger partial charge in [-0.05, 0) is 43.4 Å². The number of para-hydroxylation sites is 1.